The molecule has 0 radical (unpaired) electrons. The van der Waals surface area contributed by atoms with E-state index in [9.17, 15) is 22.8 Å². The highest BCUT2D eigenvalue weighted by molar-refractivity contribution is 6.07. The van der Waals surface area contributed by atoms with Gasteiger partial charge < -0.3 is 15.0 Å². The molecule has 2 N–H and O–H groups in total. The summed E-state index contributed by atoms with van der Waals surface area (Å²) in [5.41, 5.74) is -1.15. The molecule has 1 aromatic carbocycles. The maximum atomic E-state index is 13.3. The Morgan fingerprint density at radius 1 is 1.23 bits per heavy atom. The molecule has 0 aliphatic heterocycles. The molecule has 3 rings (SSSR count). The Bertz CT molecular complexity index is 793. The number of amides is 1. The molecule has 2 aromatic rings. The van der Waals surface area contributed by atoms with E-state index in [0.29, 0.717) is 31.2 Å². The summed E-state index contributed by atoms with van der Waals surface area (Å²) in [7, 11) is 0. The second-order valence-corrected chi connectivity index (χ2v) is 6.51. The fourth-order valence-corrected chi connectivity index (χ4v) is 3.48. The Morgan fingerprint density at radius 2 is 1.96 bits per heavy atom. The Hall–Kier alpha value is -2.51. The molecular weight excluding hydrogens is 349 g/mol. The first-order valence-corrected chi connectivity index (χ1v) is 8.44. The van der Waals surface area contributed by atoms with Crippen molar-refractivity contribution >= 4 is 23.3 Å². The summed E-state index contributed by atoms with van der Waals surface area (Å²) in [6.45, 7) is 0.726. The summed E-state index contributed by atoms with van der Waals surface area (Å²) in [5, 5.41) is 3.19. The molecule has 0 unspecified atom stereocenters. The summed E-state index contributed by atoms with van der Waals surface area (Å²) < 4.78 is 44.9. The Labute approximate surface area is 147 Å². The molecular formula is C18H19F3N2O3. The fraction of sp³-hybridized carbons (Fsp3) is 0.444. The van der Waals surface area contributed by atoms with E-state index in [1.54, 1.807) is 6.07 Å². The number of aromatic amines is 1. The average molecular weight is 368 g/mol. The summed E-state index contributed by atoms with van der Waals surface area (Å²) in [4.78, 5) is 25.6. The molecule has 26 heavy (non-hydrogen) atoms. The summed E-state index contributed by atoms with van der Waals surface area (Å²) >= 11 is 0. The van der Waals surface area contributed by atoms with E-state index in [1.807, 2.05) is 0 Å². The van der Waals surface area contributed by atoms with Crippen molar-refractivity contribution in [1.82, 2.24) is 10.3 Å². The zero-order valence-corrected chi connectivity index (χ0v) is 13.9. The van der Waals surface area contributed by atoms with Crippen LogP contribution >= 0.6 is 0 Å². The van der Waals surface area contributed by atoms with Crippen molar-refractivity contribution < 1.29 is 27.5 Å². The van der Waals surface area contributed by atoms with Gasteiger partial charge in [0.05, 0.1) is 16.6 Å². The number of carbonyl (C=O) groups is 2. The lowest BCUT2D eigenvalue weighted by atomic mass is 9.87. The number of rotatable bonds is 5. The lowest BCUT2D eigenvalue weighted by Crippen LogP contribution is -2.33. The number of hydrogen-bond donors (Lipinski definition) is 2. The number of aromatic nitrogens is 1. The minimum atomic E-state index is -4.61. The number of hydrogen-bond acceptors (Lipinski definition) is 3. The largest absolute Gasteiger partial charge is 0.465 e. The number of halogens is 3. The molecule has 1 aliphatic rings. The number of fused-ring (bicyclic) bond motifs is 1. The SMILES string of the molecule is O=COC1CCC(CNC(=O)c2c(C(F)(F)F)ccc3cc[nH]c23)CC1. The normalized spacial score (nSPS) is 20.7. The molecule has 0 bridgehead atoms. The highest BCUT2D eigenvalue weighted by Gasteiger charge is 2.36. The van der Waals surface area contributed by atoms with Gasteiger partial charge in [0.25, 0.3) is 12.4 Å². The van der Waals surface area contributed by atoms with E-state index < -0.39 is 17.6 Å². The minimum absolute atomic E-state index is 0.107. The van der Waals surface area contributed by atoms with Crippen LogP contribution in [0, 0.1) is 5.92 Å². The van der Waals surface area contributed by atoms with Crippen LogP contribution in [-0.4, -0.2) is 30.0 Å². The molecule has 1 saturated carbocycles. The monoisotopic (exact) mass is 368 g/mol. The van der Waals surface area contributed by atoms with Gasteiger partial charge in [0.1, 0.15) is 6.10 Å². The molecule has 0 saturated heterocycles. The van der Waals surface area contributed by atoms with Gasteiger partial charge >= 0.3 is 6.18 Å². The summed E-state index contributed by atoms with van der Waals surface area (Å²) in [5.74, 6) is -0.584. The summed E-state index contributed by atoms with van der Waals surface area (Å²) in [6.07, 6.45) is -0.330. The molecule has 140 valence electrons. The van der Waals surface area contributed by atoms with Gasteiger partial charge in [-0.1, -0.05) is 6.07 Å². The third-order valence-corrected chi connectivity index (χ3v) is 4.85. The van der Waals surface area contributed by atoms with Crippen molar-refractivity contribution in [3.63, 3.8) is 0 Å². The molecule has 1 amide bonds. The molecule has 0 atom stereocenters. The quantitative estimate of drug-likeness (QED) is 0.792. The Kier molecular flexibility index (Phi) is 5.20. The summed E-state index contributed by atoms with van der Waals surface area (Å²) in [6, 6.07) is 3.91. The van der Waals surface area contributed by atoms with Crippen LogP contribution in [0.25, 0.3) is 10.9 Å². The van der Waals surface area contributed by atoms with Gasteiger partial charge in [0.2, 0.25) is 0 Å². The van der Waals surface area contributed by atoms with Gasteiger partial charge in [-0.2, -0.15) is 13.2 Å². The molecule has 5 nitrogen and oxygen atoms in total. The maximum Gasteiger partial charge on any atom is 0.417 e. The van der Waals surface area contributed by atoms with E-state index in [-0.39, 0.29) is 23.1 Å². The third kappa shape index (κ3) is 3.84. The van der Waals surface area contributed by atoms with Crippen LogP contribution in [0.4, 0.5) is 13.2 Å². The van der Waals surface area contributed by atoms with E-state index in [4.69, 9.17) is 4.74 Å². The molecule has 0 spiro atoms. The fourth-order valence-electron chi connectivity index (χ4n) is 3.48. The van der Waals surface area contributed by atoms with Gasteiger partial charge in [-0.15, -0.1) is 0 Å². The molecule has 1 aliphatic carbocycles. The molecule has 8 heteroatoms. The Balaban J connectivity index is 1.72. The topological polar surface area (TPSA) is 71.2 Å². The number of nitrogens with one attached hydrogen (secondary N) is 2. The molecule has 1 heterocycles. The molecule has 1 fully saturated rings. The second kappa shape index (κ2) is 7.39. The number of ether oxygens (including phenoxy) is 1. The maximum absolute atomic E-state index is 13.3. The first-order chi connectivity index (χ1) is 12.4. The van der Waals surface area contributed by atoms with Crippen molar-refractivity contribution in [2.24, 2.45) is 5.92 Å². The number of benzene rings is 1. The van der Waals surface area contributed by atoms with Crippen molar-refractivity contribution in [1.29, 1.82) is 0 Å². The van der Waals surface area contributed by atoms with Gasteiger partial charge in [-0.3, -0.25) is 9.59 Å². The predicted octanol–water partition coefficient (Wildman–Crippen LogP) is 3.65. The minimum Gasteiger partial charge on any atom is -0.465 e. The lowest BCUT2D eigenvalue weighted by molar-refractivity contribution is -0.138. The van der Waals surface area contributed by atoms with Crippen LogP contribution in [0.2, 0.25) is 0 Å². The van der Waals surface area contributed by atoms with Gasteiger partial charge in [-0.25, -0.2) is 0 Å². The highest BCUT2D eigenvalue weighted by atomic mass is 19.4. The van der Waals surface area contributed by atoms with Crippen molar-refractivity contribution in [2.75, 3.05) is 6.54 Å². The Morgan fingerprint density at radius 3 is 2.62 bits per heavy atom. The smallest absolute Gasteiger partial charge is 0.417 e. The van der Waals surface area contributed by atoms with Crippen LogP contribution in [0.5, 0.6) is 0 Å². The van der Waals surface area contributed by atoms with E-state index in [0.717, 1.165) is 18.9 Å². The average Bonchev–Trinajstić information content (AvgIpc) is 3.08. The van der Waals surface area contributed by atoms with E-state index in [1.165, 1.54) is 12.3 Å². The standard InChI is InChI=1S/C18H19F3N2O3/c19-18(20,21)14-6-3-12-7-8-22-16(12)15(14)17(25)23-9-11-1-4-13(5-2-11)26-10-24/h3,6-8,10-11,13,22H,1-2,4-5,9H2,(H,23,25). The van der Waals surface area contributed by atoms with Crippen molar-refractivity contribution in [2.45, 2.75) is 38.0 Å². The zero-order chi connectivity index (χ0) is 18.7. The first-order valence-electron chi connectivity index (χ1n) is 8.44. The van der Waals surface area contributed by atoms with Crippen LogP contribution in [0.1, 0.15) is 41.6 Å². The predicted molar refractivity (Wildman–Crippen MR) is 88.5 cm³/mol. The van der Waals surface area contributed by atoms with Gasteiger partial charge in [0, 0.05) is 18.1 Å². The zero-order valence-electron chi connectivity index (χ0n) is 13.9. The second-order valence-electron chi connectivity index (χ2n) is 6.51. The number of carbonyl (C=O) groups excluding carboxylic acids is 2. The lowest BCUT2D eigenvalue weighted by Gasteiger charge is -2.27. The first kappa shape index (κ1) is 18.3. The van der Waals surface area contributed by atoms with Crippen LogP contribution in [-0.2, 0) is 15.7 Å². The van der Waals surface area contributed by atoms with E-state index in [2.05, 4.69) is 10.3 Å². The van der Waals surface area contributed by atoms with Crippen molar-refractivity contribution in [3.8, 4) is 0 Å². The number of alkyl halides is 3. The van der Waals surface area contributed by atoms with Crippen LogP contribution < -0.4 is 5.32 Å². The third-order valence-electron chi connectivity index (χ3n) is 4.85. The van der Waals surface area contributed by atoms with Crippen molar-refractivity contribution in [3.05, 3.63) is 35.5 Å². The van der Waals surface area contributed by atoms with E-state index >= 15 is 0 Å². The number of H-pyrrole nitrogens is 1. The molecule has 1 aromatic heterocycles. The van der Waals surface area contributed by atoms with Crippen LogP contribution in [0.3, 0.4) is 0 Å². The van der Waals surface area contributed by atoms with Gasteiger partial charge in [-0.05, 0) is 43.7 Å². The highest BCUT2D eigenvalue weighted by Crippen LogP contribution is 2.35. The van der Waals surface area contributed by atoms with Gasteiger partial charge in [0.15, 0.2) is 0 Å². The van der Waals surface area contributed by atoms with Crippen LogP contribution in [0.15, 0.2) is 24.4 Å².